The van der Waals surface area contributed by atoms with Crippen molar-refractivity contribution >= 4 is 23.6 Å². The van der Waals surface area contributed by atoms with Crippen molar-refractivity contribution in [2.24, 2.45) is 11.3 Å². The van der Waals surface area contributed by atoms with Crippen LogP contribution in [0.5, 0.6) is 0 Å². The molecule has 202 valence electrons. The van der Waals surface area contributed by atoms with Crippen LogP contribution in [0.1, 0.15) is 109 Å². The summed E-state index contributed by atoms with van der Waals surface area (Å²) in [6.07, 6.45) is 17.1. The summed E-state index contributed by atoms with van der Waals surface area (Å²) in [5.41, 5.74) is 0.406. The zero-order valence-electron chi connectivity index (χ0n) is 23.1. The highest BCUT2D eigenvalue weighted by Crippen LogP contribution is 2.28. The second-order valence-electron chi connectivity index (χ2n) is 10.3. The zero-order chi connectivity index (χ0) is 26.8. The zero-order valence-corrected chi connectivity index (χ0v) is 23.1. The van der Waals surface area contributed by atoms with E-state index in [0.29, 0.717) is 0 Å². The number of carbonyl (C=O) groups excluding carboxylic acids is 3. The van der Waals surface area contributed by atoms with E-state index in [0.717, 1.165) is 31.5 Å². The molecule has 1 atom stereocenters. The molecule has 1 aromatic rings. The molecule has 0 aliphatic rings. The van der Waals surface area contributed by atoms with E-state index in [1.165, 1.54) is 44.9 Å². The van der Waals surface area contributed by atoms with E-state index in [4.69, 9.17) is 9.47 Å². The van der Waals surface area contributed by atoms with Gasteiger partial charge in [-0.1, -0.05) is 78.4 Å². The summed E-state index contributed by atoms with van der Waals surface area (Å²) in [6, 6.07) is 6.78. The predicted octanol–water partition coefficient (Wildman–Crippen LogP) is 7.48. The summed E-state index contributed by atoms with van der Waals surface area (Å²) < 4.78 is 10.00. The second kappa shape index (κ2) is 17.7. The molecule has 0 spiro atoms. The summed E-state index contributed by atoms with van der Waals surface area (Å²) in [6.45, 7) is 10.1. The molecule has 1 aromatic carbocycles. The minimum Gasteiger partial charge on any atom is -0.465 e. The van der Waals surface area contributed by atoms with Gasteiger partial charge in [0.2, 0.25) is 0 Å². The number of hydrogen-bond donors (Lipinski definition) is 1. The Morgan fingerprint density at radius 3 is 2.00 bits per heavy atom. The summed E-state index contributed by atoms with van der Waals surface area (Å²) in [4.78, 5) is 37.2. The number of ether oxygens (including phenoxy) is 2. The number of unbranched alkanes of at least 4 members (excludes halogenated alkanes) is 8. The molecule has 0 heterocycles. The first-order valence-electron chi connectivity index (χ1n) is 13.6. The normalized spacial score (nSPS) is 12.4. The van der Waals surface area contributed by atoms with Crippen molar-refractivity contribution in [3.05, 3.63) is 42.0 Å². The molecule has 0 bridgehead atoms. The number of carbonyl (C=O) groups is 3. The molecule has 0 radical (unpaired) electrons. The van der Waals surface area contributed by atoms with Crippen molar-refractivity contribution < 1.29 is 23.9 Å². The van der Waals surface area contributed by atoms with Gasteiger partial charge in [-0.15, -0.1) is 0 Å². The highest BCUT2D eigenvalue weighted by molar-refractivity contribution is 6.03. The van der Waals surface area contributed by atoms with Crippen LogP contribution < -0.4 is 5.32 Å². The fourth-order valence-corrected chi connectivity index (χ4v) is 3.87. The molecule has 6 nitrogen and oxygen atoms in total. The fraction of sp³-hybridized carbons (Fsp3) is 0.633. The maximum Gasteiger partial charge on any atom is 0.345 e. The SMILES string of the molecule is CCCCCCCCCC=CCCCNc1ccc(C(=O)OC(=O)C(C(=O)OCC)C(C)(C)C)cc1. The van der Waals surface area contributed by atoms with Crippen LogP contribution in [0.4, 0.5) is 5.69 Å². The summed E-state index contributed by atoms with van der Waals surface area (Å²) >= 11 is 0. The van der Waals surface area contributed by atoms with Crippen LogP contribution in [0, 0.1) is 11.3 Å². The Morgan fingerprint density at radius 1 is 0.833 bits per heavy atom. The second-order valence-corrected chi connectivity index (χ2v) is 10.3. The lowest BCUT2D eigenvalue weighted by Crippen LogP contribution is -2.39. The average molecular weight is 502 g/mol. The van der Waals surface area contributed by atoms with E-state index in [2.05, 4.69) is 24.4 Å². The summed E-state index contributed by atoms with van der Waals surface area (Å²) in [7, 11) is 0. The van der Waals surface area contributed by atoms with E-state index in [1.807, 2.05) is 0 Å². The maximum absolute atomic E-state index is 12.5. The van der Waals surface area contributed by atoms with Crippen LogP contribution in [0.2, 0.25) is 0 Å². The molecule has 0 fully saturated rings. The quantitative estimate of drug-likeness (QED) is 0.103. The number of rotatable bonds is 17. The molecule has 0 saturated carbocycles. The Balaban J connectivity index is 2.34. The van der Waals surface area contributed by atoms with Crippen molar-refractivity contribution in [1.82, 2.24) is 0 Å². The first-order valence-corrected chi connectivity index (χ1v) is 13.6. The number of benzene rings is 1. The average Bonchev–Trinajstić information content (AvgIpc) is 2.81. The van der Waals surface area contributed by atoms with Crippen LogP contribution in [0.3, 0.4) is 0 Å². The smallest absolute Gasteiger partial charge is 0.345 e. The van der Waals surface area contributed by atoms with Crippen LogP contribution in [-0.4, -0.2) is 31.1 Å². The van der Waals surface area contributed by atoms with Crippen molar-refractivity contribution in [3.8, 4) is 0 Å². The van der Waals surface area contributed by atoms with Gasteiger partial charge in [-0.25, -0.2) is 4.79 Å². The molecule has 1 unspecified atom stereocenters. The van der Waals surface area contributed by atoms with Gasteiger partial charge in [-0.2, -0.15) is 0 Å². The van der Waals surface area contributed by atoms with Crippen LogP contribution >= 0.6 is 0 Å². The van der Waals surface area contributed by atoms with Gasteiger partial charge in [0.15, 0.2) is 5.92 Å². The molecule has 1 rings (SSSR count). The first kappa shape index (κ1) is 31.4. The van der Waals surface area contributed by atoms with Crippen LogP contribution in [-0.2, 0) is 19.1 Å². The number of nitrogens with one attached hydrogen (secondary N) is 1. The molecule has 0 saturated heterocycles. The molecule has 0 aliphatic carbocycles. The van der Waals surface area contributed by atoms with E-state index in [-0.39, 0.29) is 12.2 Å². The predicted molar refractivity (Wildman–Crippen MR) is 146 cm³/mol. The van der Waals surface area contributed by atoms with Crippen LogP contribution in [0.25, 0.3) is 0 Å². The van der Waals surface area contributed by atoms with Gasteiger partial charge in [0.25, 0.3) is 0 Å². The van der Waals surface area contributed by atoms with E-state index < -0.39 is 29.2 Å². The van der Waals surface area contributed by atoms with Gasteiger partial charge in [0, 0.05) is 12.2 Å². The topological polar surface area (TPSA) is 81.7 Å². The maximum atomic E-state index is 12.5. The van der Waals surface area contributed by atoms with Crippen molar-refractivity contribution in [3.63, 3.8) is 0 Å². The lowest BCUT2D eigenvalue weighted by molar-refractivity contribution is -0.163. The van der Waals surface area contributed by atoms with Gasteiger partial charge in [-0.3, -0.25) is 9.59 Å². The standard InChI is InChI=1S/C30H47NO5/c1-6-8-9-10-11-12-13-14-15-16-17-18-23-31-25-21-19-24(20-22-25)27(32)36-29(34)26(30(3,4)5)28(33)35-7-2/h15-16,19-22,26,31H,6-14,17-18,23H2,1-5H3. The third-order valence-electron chi connectivity index (χ3n) is 5.96. The highest BCUT2D eigenvalue weighted by Gasteiger charge is 2.41. The van der Waals surface area contributed by atoms with Crippen molar-refractivity contribution in [1.29, 1.82) is 0 Å². The van der Waals surface area contributed by atoms with Crippen molar-refractivity contribution in [2.45, 2.75) is 98.8 Å². The molecule has 6 heteroatoms. The Hall–Kier alpha value is -2.63. The largest absolute Gasteiger partial charge is 0.465 e. The minimum atomic E-state index is -1.17. The third-order valence-corrected chi connectivity index (χ3v) is 5.96. The molecule has 0 aromatic heterocycles. The fourth-order valence-electron chi connectivity index (χ4n) is 3.87. The molecular weight excluding hydrogens is 454 g/mol. The number of hydrogen-bond acceptors (Lipinski definition) is 6. The van der Waals surface area contributed by atoms with Gasteiger partial charge in [0.1, 0.15) is 0 Å². The third kappa shape index (κ3) is 12.9. The molecule has 36 heavy (non-hydrogen) atoms. The Bertz CT molecular complexity index is 808. The Morgan fingerprint density at radius 2 is 1.42 bits per heavy atom. The van der Waals surface area contributed by atoms with Gasteiger partial charge < -0.3 is 14.8 Å². The molecule has 0 aliphatic heterocycles. The lowest BCUT2D eigenvalue weighted by Gasteiger charge is -2.26. The van der Waals surface area contributed by atoms with E-state index in [9.17, 15) is 14.4 Å². The first-order chi connectivity index (χ1) is 17.2. The van der Waals surface area contributed by atoms with Gasteiger partial charge in [0.05, 0.1) is 12.2 Å². The summed E-state index contributed by atoms with van der Waals surface area (Å²) in [5, 5.41) is 3.34. The highest BCUT2D eigenvalue weighted by atomic mass is 16.6. The monoisotopic (exact) mass is 501 g/mol. The number of esters is 3. The Kier molecular flexibility index (Phi) is 15.5. The molecule has 1 N–H and O–H groups in total. The van der Waals surface area contributed by atoms with Crippen molar-refractivity contribution in [2.75, 3.05) is 18.5 Å². The molecular formula is C30H47NO5. The summed E-state index contributed by atoms with van der Waals surface area (Å²) in [5.74, 6) is -3.54. The number of allylic oxidation sites excluding steroid dienone is 2. The Labute approximate surface area is 218 Å². The van der Waals surface area contributed by atoms with Gasteiger partial charge in [-0.05, 0) is 62.3 Å². The minimum absolute atomic E-state index is 0.149. The van der Waals surface area contributed by atoms with E-state index in [1.54, 1.807) is 52.0 Å². The van der Waals surface area contributed by atoms with Crippen LogP contribution in [0.15, 0.2) is 36.4 Å². The number of anilines is 1. The lowest BCUT2D eigenvalue weighted by atomic mass is 9.81. The van der Waals surface area contributed by atoms with E-state index >= 15 is 0 Å². The molecule has 0 amide bonds. The van der Waals surface area contributed by atoms with Gasteiger partial charge >= 0.3 is 17.9 Å².